The molecule has 1 aromatic heterocycles. The topological polar surface area (TPSA) is 29.9 Å². The number of nitrogens with one attached hydrogen (secondary N) is 1. The van der Waals surface area contributed by atoms with Gasteiger partial charge in [-0.15, -0.1) is 0 Å². The quantitative estimate of drug-likeness (QED) is 0.501. The van der Waals surface area contributed by atoms with Crippen molar-refractivity contribution in [2.45, 2.75) is 19.9 Å². The molecular weight excluding hydrogens is 330 g/mol. The molecule has 3 nitrogen and oxygen atoms in total. The number of imidazole rings is 1. The number of hydrogen-bond donors (Lipinski definition) is 1. The summed E-state index contributed by atoms with van der Waals surface area (Å²) in [5.74, 6) is 0.891. The molecule has 0 saturated carbocycles. The van der Waals surface area contributed by atoms with Gasteiger partial charge in [-0.3, -0.25) is 4.57 Å². The van der Waals surface area contributed by atoms with Crippen molar-refractivity contribution >= 4 is 22.7 Å². The van der Waals surface area contributed by atoms with Crippen LogP contribution in [0.5, 0.6) is 0 Å². The number of nitrogens with zero attached hydrogens (tertiary/aromatic N) is 2. The van der Waals surface area contributed by atoms with E-state index >= 15 is 0 Å². The van der Waals surface area contributed by atoms with Gasteiger partial charge < -0.3 is 5.32 Å². The standard InChI is InChI=1S/C24H21N3/c1-16-11-13-18(14-12-16)21-15-23(19-8-4-3-7-17(19)2)27-22-10-6-5-9-20(22)25-24(27)26-21/h3-15,23H,1-2H3,(H,25,26)/t23-/m0/s1. The molecule has 4 aromatic rings. The van der Waals surface area contributed by atoms with E-state index in [-0.39, 0.29) is 6.04 Å². The van der Waals surface area contributed by atoms with Crippen LogP contribution in [-0.2, 0) is 0 Å². The van der Waals surface area contributed by atoms with Crippen molar-refractivity contribution in [3.63, 3.8) is 0 Å². The largest absolute Gasteiger partial charge is 0.325 e. The Morgan fingerprint density at radius 1 is 0.852 bits per heavy atom. The summed E-state index contributed by atoms with van der Waals surface area (Å²) in [6, 6.07) is 25.7. The Morgan fingerprint density at radius 3 is 2.41 bits per heavy atom. The number of anilines is 1. The smallest absolute Gasteiger partial charge is 0.209 e. The number of benzene rings is 3. The molecule has 132 valence electrons. The number of allylic oxidation sites excluding steroid dienone is 1. The van der Waals surface area contributed by atoms with Gasteiger partial charge in [0.2, 0.25) is 5.95 Å². The third-order valence-corrected chi connectivity index (χ3v) is 5.31. The minimum Gasteiger partial charge on any atom is -0.325 e. The molecule has 3 aromatic carbocycles. The molecule has 0 fully saturated rings. The van der Waals surface area contributed by atoms with Crippen molar-refractivity contribution in [2.75, 3.05) is 5.32 Å². The zero-order chi connectivity index (χ0) is 18.4. The van der Waals surface area contributed by atoms with Crippen molar-refractivity contribution in [1.82, 2.24) is 9.55 Å². The lowest BCUT2D eigenvalue weighted by Gasteiger charge is -2.27. The first-order valence-electron chi connectivity index (χ1n) is 9.29. The Kier molecular flexibility index (Phi) is 3.61. The average molecular weight is 351 g/mol. The zero-order valence-corrected chi connectivity index (χ0v) is 15.5. The van der Waals surface area contributed by atoms with Crippen molar-refractivity contribution in [2.24, 2.45) is 0 Å². The number of para-hydroxylation sites is 2. The summed E-state index contributed by atoms with van der Waals surface area (Å²) in [5, 5.41) is 3.55. The number of hydrogen-bond acceptors (Lipinski definition) is 2. The van der Waals surface area contributed by atoms with Crippen LogP contribution in [0.2, 0.25) is 0 Å². The maximum absolute atomic E-state index is 4.86. The summed E-state index contributed by atoms with van der Waals surface area (Å²) < 4.78 is 2.30. The molecule has 0 saturated heterocycles. The molecule has 1 N–H and O–H groups in total. The van der Waals surface area contributed by atoms with Crippen LogP contribution in [0.1, 0.15) is 28.3 Å². The van der Waals surface area contributed by atoms with E-state index in [0.29, 0.717) is 0 Å². The molecule has 0 aliphatic carbocycles. The lowest BCUT2D eigenvalue weighted by Crippen LogP contribution is -2.19. The Balaban J connectivity index is 1.74. The van der Waals surface area contributed by atoms with E-state index in [1.807, 2.05) is 6.07 Å². The van der Waals surface area contributed by atoms with E-state index in [0.717, 1.165) is 22.7 Å². The summed E-state index contributed by atoms with van der Waals surface area (Å²) in [7, 11) is 0. The summed E-state index contributed by atoms with van der Waals surface area (Å²) >= 11 is 0. The Morgan fingerprint density at radius 2 is 1.59 bits per heavy atom. The van der Waals surface area contributed by atoms with Crippen molar-refractivity contribution in [1.29, 1.82) is 0 Å². The molecule has 0 radical (unpaired) electrons. The highest BCUT2D eigenvalue weighted by Crippen LogP contribution is 2.37. The normalized spacial score (nSPS) is 15.9. The van der Waals surface area contributed by atoms with Gasteiger partial charge in [-0.1, -0.05) is 66.2 Å². The highest BCUT2D eigenvalue weighted by Gasteiger charge is 2.25. The van der Waals surface area contributed by atoms with Crippen LogP contribution in [0, 0.1) is 13.8 Å². The molecule has 2 heterocycles. The minimum atomic E-state index is 0.103. The second-order valence-corrected chi connectivity index (χ2v) is 7.17. The Bertz CT molecular complexity index is 1170. The molecule has 0 spiro atoms. The van der Waals surface area contributed by atoms with Crippen LogP contribution in [0.4, 0.5) is 5.95 Å². The number of fused-ring (bicyclic) bond motifs is 3. The third kappa shape index (κ3) is 2.63. The first-order valence-corrected chi connectivity index (χ1v) is 9.29. The molecule has 3 heteroatoms. The van der Waals surface area contributed by atoms with E-state index in [4.69, 9.17) is 4.98 Å². The van der Waals surface area contributed by atoms with Crippen LogP contribution in [-0.4, -0.2) is 9.55 Å². The summed E-state index contributed by atoms with van der Waals surface area (Å²) in [5.41, 5.74) is 8.28. The van der Waals surface area contributed by atoms with Gasteiger partial charge in [-0.05, 0) is 48.7 Å². The van der Waals surface area contributed by atoms with E-state index < -0.39 is 0 Å². The molecule has 0 unspecified atom stereocenters. The van der Waals surface area contributed by atoms with Crippen LogP contribution >= 0.6 is 0 Å². The van der Waals surface area contributed by atoms with Crippen LogP contribution in [0.25, 0.3) is 16.7 Å². The van der Waals surface area contributed by atoms with Gasteiger partial charge in [0, 0.05) is 5.70 Å². The first kappa shape index (κ1) is 15.9. The van der Waals surface area contributed by atoms with Crippen molar-refractivity contribution in [3.8, 4) is 0 Å². The molecule has 5 rings (SSSR count). The molecular formula is C24H21N3. The second kappa shape index (κ2) is 6.13. The van der Waals surface area contributed by atoms with Gasteiger partial charge in [-0.25, -0.2) is 4.98 Å². The fourth-order valence-electron chi connectivity index (χ4n) is 3.86. The molecule has 27 heavy (non-hydrogen) atoms. The molecule has 1 aliphatic heterocycles. The van der Waals surface area contributed by atoms with Gasteiger partial charge in [0.25, 0.3) is 0 Å². The molecule has 1 atom stereocenters. The van der Waals surface area contributed by atoms with Crippen molar-refractivity contribution < 1.29 is 0 Å². The number of aromatic nitrogens is 2. The van der Waals surface area contributed by atoms with E-state index in [1.54, 1.807) is 0 Å². The third-order valence-electron chi connectivity index (χ3n) is 5.31. The minimum absolute atomic E-state index is 0.103. The predicted molar refractivity (Wildman–Crippen MR) is 112 cm³/mol. The molecule has 0 amide bonds. The zero-order valence-electron chi connectivity index (χ0n) is 15.5. The highest BCUT2D eigenvalue weighted by atomic mass is 15.2. The van der Waals surface area contributed by atoms with Crippen LogP contribution < -0.4 is 5.32 Å². The Labute approximate surface area is 159 Å². The number of aryl methyl sites for hydroxylation is 2. The maximum Gasteiger partial charge on any atom is 0.209 e. The molecule has 1 aliphatic rings. The predicted octanol–water partition coefficient (Wildman–Crippen LogP) is 5.71. The van der Waals surface area contributed by atoms with Gasteiger partial charge in [0.05, 0.1) is 17.1 Å². The average Bonchev–Trinajstić information content (AvgIpc) is 3.07. The monoisotopic (exact) mass is 351 g/mol. The first-order chi connectivity index (χ1) is 13.2. The summed E-state index contributed by atoms with van der Waals surface area (Å²) in [6.45, 7) is 4.29. The fourth-order valence-corrected chi connectivity index (χ4v) is 3.86. The Hall–Kier alpha value is -3.33. The van der Waals surface area contributed by atoms with Gasteiger partial charge in [-0.2, -0.15) is 0 Å². The van der Waals surface area contributed by atoms with Gasteiger partial charge in [0.1, 0.15) is 0 Å². The van der Waals surface area contributed by atoms with E-state index in [1.165, 1.54) is 22.3 Å². The second-order valence-electron chi connectivity index (χ2n) is 7.17. The number of rotatable bonds is 2. The van der Waals surface area contributed by atoms with Crippen LogP contribution in [0.15, 0.2) is 78.9 Å². The van der Waals surface area contributed by atoms with Gasteiger partial charge in [0.15, 0.2) is 0 Å². The molecule has 0 bridgehead atoms. The summed E-state index contributed by atoms with van der Waals surface area (Å²) in [6.07, 6.45) is 2.31. The lowest BCUT2D eigenvalue weighted by atomic mass is 9.97. The SMILES string of the molecule is Cc1ccc(C2=C[C@@H](c3ccccc3C)n3c(nc4ccccc43)N2)cc1. The van der Waals surface area contributed by atoms with Crippen LogP contribution in [0.3, 0.4) is 0 Å². The fraction of sp³-hybridized carbons (Fsp3) is 0.125. The van der Waals surface area contributed by atoms with Crippen molar-refractivity contribution in [3.05, 3.63) is 101 Å². The van der Waals surface area contributed by atoms with Gasteiger partial charge >= 0.3 is 0 Å². The summed E-state index contributed by atoms with van der Waals surface area (Å²) in [4.78, 5) is 4.86. The highest BCUT2D eigenvalue weighted by molar-refractivity contribution is 5.85. The van der Waals surface area contributed by atoms with E-state index in [9.17, 15) is 0 Å². The maximum atomic E-state index is 4.86. The lowest BCUT2D eigenvalue weighted by molar-refractivity contribution is 0.716. The van der Waals surface area contributed by atoms with E-state index in [2.05, 4.69) is 96.5 Å².